The number of piperidine rings is 1. The third kappa shape index (κ3) is 4.46. The summed E-state index contributed by atoms with van der Waals surface area (Å²) in [4.78, 5) is 13.8. The van der Waals surface area contributed by atoms with Crippen molar-refractivity contribution >= 4 is 6.09 Å². The Morgan fingerprint density at radius 1 is 1.50 bits per heavy atom. The highest BCUT2D eigenvalue weighted by Crippen LogP contribution is 2.22. The summed E-state index contributed by atoms with van der Waals surface area (Å²) in [6.45, 7) is 6.32. The lowest BCUT2D eigenvalue weighted by atomic mass is 9.95. The minimum Gasteiger partial charge on any atom is -0.444 e. The van der Waals surface area contributed by atoms with Crippen LogP contribution in [0.25, 0.3) is 0 Å². The van der Waals surface area contributed by atoms with E-state index in [1.54, 1.807) is 4.90 Å². The lowest BCUT2D eigenvalue weighted by molar-refractivity contribution is 0.00548. The number of carbonyl (C=O) groups excluding carboxylic acids is 1. The van der Waals surface area contributed by atoms with Crippen LogP contribution in [0.1, 0.15) is 46.5 Å². The minimum absolute atomic E-state index is 0.0132. The second kappa shape index (κ2) is 6.38. The van der Waals surface area contributed by atoms with E-state index in [1.165, 1.54) is 0 Å². The Labute approximate surface area is 109 Å². The van der Waals surface area contributed by atoms with Crippen LogP contribution in [0.15, 0.2) is 0 Å². The second-order valence-corrected chi connectivity index (χ2v) is 5.91. The van der Waals surface area contributed by atoms with Gasteiger partial charge in [0.2, 0.25) is 0 Å². The molecule has 0 unspecified atom stereocenters. The maximum atomic E-state index is 12.1. The zero-order chi connectivity index (χ0) is 13.8. The Balaban J connectivity index is 2.67. The maximum absolute atomic E-state index is 12.1. The van der Waals surface area contributed by atoms with Gasteiger partial charge in [-0.05, 0) is 46.5 Å². The van der Waals surface area contributed by atoms with E-state index in [0.717, 1.165) is 19.3 Å². The minimum atomic E-state index is -0.486. The lowest BCUT2D eigenvalue weighted by Crippen LogP contribution is -2.54. The molecule has 0 spiro atoms. The molecule has 106 valence electrons. The van der Waals surface area contributed by atoms with E-state index in [4.69, 9.17) is 15.6 Å². The Morgan fingerprint density at radius 2 is 2.17 bits per heavy atom. The number of aliphatic hydroxyl groups is 1. The molecule has 1 fully saturated rings. The molecule has 5 heteroatoms. The molecule has 0 bridgehead atoms. The molecule has 1 amide bonds. The van der Waals surface area contributed by atoms with E-state index in [0.29, 0.717) is 13.0 Å². The number of ether oxygens (including phenoxy) is 1. The number of nitrogens with two attached hydrogens (primary N) is 1. The number of amides is 1. The molecule has 0 aliphatic carbocycles. The van der Waals surface area contributed by atoms with E-state index in [-0.39, 0.29) is 24.8 Å². The summed E-state index contributed by atoms with van der Waals surface area (Å²) in [6, 6.07) is -0.191. The van der Waals surface area contributed by atoms with Gasteiger partial charge >= 0.3 is 6.09 Å². The monoisotopic (exact) mass is 258 g/mol. The van der Waals surface area contributed by atoms with Crippen molar-refractivity contribution < 1.29 is 14.6 Å². The molecule has 1 heterocycles. The number of aliphatic hydroxyl groups excluding tert-OH is 1. The SMILES string of the molecule is CC(C)(C)OC(=O)N1CCCC[C@@H]1[C@@H](N)CCO. The molecule has 0 aromatic heterocycles. The zero-order valence-electron chi connectivity index (χ0n) is 11.7. The van der Waals surface area contributed by atoms with Crippen LogP contribution in [0.5, 0.6) is 0 Å². The van der Waals surface area contributed by atoms with Crippen LogP contribution < -0.4 is 5.73 Å². The van der Waals surface area contributed by atoms with E-state index >= 15 is 0 Å². The van der Waals surface area contributed by atoms with E-state index < -0.39 is 5.60 Å². The molecule has 1 aliphatic heterocycles. The average molecular weight is 258 g/mol. The first kappa shape index (κ1) is 15.2. The van der Waals surface area contributed by atoms with E-state index in [1.807, 2.05) is 20.8 Å². The molecule has 18 heavy (non-hydrogen) atoms. The van der Waals surface area contributed by atoms with Gasteiger partial charge in [0.15, 0.2) is 0 Å². The highest BCUT2D eigenvalue weighted by Gasteiger charge is 2.33. The molecule has 0 saturated carbocycles. The fraction of sp³-hybridized carbons (Fsp3) is 0.923. The number of rotatable bonds is 3. The molecular weight excluding hydrogens is 232 g/mol. The fourth-order valence-corrected chi connectivity index (χ4v) is 2.29. The largest absolute Gasteiger partial charge is 0.444 e. The fourth-order valence-electron chi connectivity index (χ4n) is 2.29. The van der Waals surface area contributed by atoms with Crippen LogP contribution >= 0.6 is 0 Å². The van der Waals surface area contributed by atoms with E-state index in [2.05, 4.69) is 0 Å². The second-order valence-electron chi connectivity index (χ2n) is 5.91. The standard InChI is InChI=1S/C13H26N2O3/c1-13(2,3)18-12(17)15-8-5-4-6-11(15)10(14)7-9-16/h10-11,16H,4-9,14H2,1-3H3/t10-,11+/m0/s1. The van der Waals surface area contributed by atoms with Crippen LogP contribution in [0.3, 0.4) is 0 Å². The highest BCUT2D eigenvalue weighted by molar-refractivity contribution is 5.68. The van der Waals surface area contributed by atoms with Gasteiger partial charge in [-0.25, -0.2) is 4.79 Å². The summed E-state index contributed by atoms with van der Waals surface area (Å²) in [6.07, 6.45) is 3.18. The maximum Gasteiger partial charge on any atom is 0.410 e. The predicted molar refractivity (Wildman–Crippen MR) is 70.3 cm³/mol. The summed E-state index contributed by atoms with van der Waals surface area (Å²) < 4.78 is 5.40. The van der Waals surface area contributed by atoms with Crippen LogP contribution in [-0.2, 0) is 4.74 Å². The Hall–Kier alpha value is -0.810. The first-order valence-corrected chi connectivity index (χ1v) is 6.71. The summed E-state index contributed by atoms with van der Waals surface area (Å²) in [5, 5.41) is 8.96. The van der Waals surface area contributed by atoms with Crippen molar-refractivity contribution in [1.29, 1.82) is 0 Å². The van der Waals surface area contributed by atoms with Gasteiger partial charge in [-0.2, -0.15) is 0 Å². The Bertz CT molecular complexity index is 276. The smallest absolute Gasteiger partial charge is 0.410 e. The number of hydrogen-bond donors (Lipinski definition) is 2. The summed E-state index contributed by atoms with van der Waals surface area (Å²) in [5.41, 5.74) is 5.56. The molecule has 1 rings (SSSR count). The van der Waals surface area contributed by atoms with Crippen molar-refractivity contribution in [1.82, 2.24) is 4.90 Å². The van der Waals surface area contributed by atoms with Gasteiger partial charge in [-0.1, -0.05) is 0 Å². The number of likely N-dealkylation sites (tertiary alicyclic amines) is 1. The van der Waals surface area contributed by atoms with Crippen molar-refractivity contribution in [2.24, 2.45) is 5.73 Å². The molecular formula is C13H26N2O3. The van der Waals surface area contributed by atoms with Gasteiger partial charge in [0.05, 0.1) is 6.04 Å². The van der Waals surface area contributed by atoms with Crippen molar-refractivity contribution in [3.63, 3.8) is 0 Å². The Kier molecular flexibility index (Phi) is 5.41. The highest BCUT2D eigenvalue weighted by atomic mass is 16.6. The molecule has 1 aliphatic rings. The lowest BCUT2D eigenvalue weighted by Gasteiger charge is -2.39. The van der Waals surface area contributed by atoms with Gasteiger partial charge in [0.1, 0.15) is 5.60 Å². The average Bonchev–Trinajstić information content (AvgIpc) is 2.27. The van der Waals surface area contributed by atoms with Crippen molar-refractivity contribution in [2.75, 3.05) is 13.2 Å². The van der Waals surface area contributed by atoms with Gasteiger partial charge < -0.3 is 20.5 Å². The first-order valence-electron chi connectivity index (χ1n) is 6.71. The molecule has 0 aromatic rings. The summed E-state index contributed by atoms with van der Waals surface area (Å²) >= 11 is 0. The third-order valence-corrected chi connectivity index (χ3v) is 3.13. The molecule has 1 saturated heterocycles. The molecule has 0 radical (unpaired) electrons. The van der Waals surface area contributed by atoms with Gasteiger partial charge in [0.25, 0.3) is 0 Å². The topological polar surface area (TPSA) is 75.8 Å². The third-order valence-electron chi connectivity index (χ3n) is 3.13. The van der Waals surface area contributed by atoms with Gasteiger partial charge in [0, 0.05) is 19.2 Å². The summed E-state index contributed by atoms with van der Waals surface area (Å²) in [5.74, 6) is 0. The number of nitrogens with zero attached hydrogens (tertiary/aromatic N) is 1. The number of hydrogen-bond acceptors (Lipinski definition) is 4. The quantitative estimate of drug-likeness (QED) is 0.804. The van der Waals surface area contributed by atoms with Crippen LogP contribution in [0.2, 0.25) is 0 Å². The molecule has 2 atom stereocenters. The first-order chi connectivity index (χ1) is 8.35. The van der Waals surface area contributed by atoms with Gasteiger partial charge in [-0.3, -0.25) is 0 Å². The molecule has 5 nitrogen and oxygen atoms in total. The normalized spacial score (nSPS) is 22.7. The van der Waals surface area contributed by atoms with Crippen molar-refractivity contribution in [3.05, 3.63) is 0 Å². The summed E-state index contributed by atoms with van der Waals surface area (Å²) in [7, 11) is 0. The number of carbonyl (C=O) groups is 1. The Morgan fingerprint density at radius 3 is 2.72 bits per heavy atom. The zero-order valence-corrected chi connectivity index (χ0v) is 11.7. The van der Waals surface area contributed by atoms with E-state index in [9.17, 15) is 4.79 Å². The van der Waals surface area contributed by atoms with Gasteiger partial charge in [-0.15, -0.1) is 0 Å². The predicted octanol–water partition coefficient (Wildman–Crippen LogP) is 1.49. The van der Waals surface area contributed by atoms with Crippen molar-refractivity contribution in [3.8, 4) is 0 Å². The van der Waals surface area contributed by atoms with Crippen LogP contribution in [0.4, 0.5) is 4.79 Å². The molecule has 0 aromatic carbocycles. The van der Waals surface area contributed by atoms with Crippen LogP contribution in [0, 0.1) is 0 Å². The van der Waals surface area contributed by atoms with Crippen LogP contribution in [-0.4, -0.2) is 46.9 Å². The molecule has 3 N–H and O–H groups in total. The van der Waals surface area contributed by atoms with Crippen molar-refractivity contribution in [2.45, 2.75) is 64.1 Å².